The van der Waals surface area contributed by atoms with Gasteiger partial charge in [0.1, 0.15) is 11.5 Å². The molecule has 0 aliphatic heterocycles. The molecule has 0 aliphatic rings. The Morgan fingerprint density at radius 3 is 2.57 bits per heavy atom. The van der Waals surface area contributed by atoms with Crippen molar-refractivity contribution in [1.29, 1.82) is 0 Å². The van der Waals surface area contributed by atoms with Gasteiger partial charge in [-0.25, -0.2) is 0 Å². The summed E-state index contributed by atoms with van der Waals surface area (Å²) in [4.78, 5) is 0. The van der Waals surface area contributed by atoms with E-state index < -0.39 is 0 Å². The fraction of sp³-hybridized carbons (Fsp3) is 0.333. The van der Waals surface area contributed by atoms with Crippen LogP contribution in [0.2, 0.25) is 0 Å². The molecule has 2 heteroatoms. The third kappa shape index (κ3) is 2.08. The molecule has 0 spiro atoms. The average Bonchev–Trinajstić information content (AvgIpc) is 2.17. The van der Waals surface area contributed by atoms with Crippen LogP contribution in [0.3, 0.4) is 0 Å². The number of allylic oxidation sites excluding steroid dienone is 1. The van der Waals surface area contributed by atoms with Gasteiger partial charge in [0, 0.05) is 11.1 Å². The molecule has 0 aromatic heterocycles. The first-order valence-electron chi connectivity index (χ1n) is 4.87. The lowest BCUT2D eigenvalue weighted by Gasteiger charge is -2.08. The molecule has 76 valence electrons. The van der Waals surface area contributed by atoms with Crippen molar-refractivity contribution in [2.45, 2.75) is 26.7 Å². The first kappa shape index (κ1) is 10.6. The smallest absolute Gasteiger partial charge is 0.129 e. The van der Waals surface area contributed by atoms with Crippen LogP contribution in [0.1, 0.15) is 31.4 Å². The van der Waals surface area contributed by atoms with Crippen molar-refractivity contribution in [2.75, 3.05) is 0 Å². The second-order valence-corrected chi connectivity index (χ2v) is 3.25. The van der Waals surface area contributed by atoms with E-state index in [1.165, 1.54) is 0 Å². The zero-order valence-corrected chi connectivity index (χ0v) is 8.62. The molecule has 2 nitrogen and oxygen atoms in total. The van der Waals surface area contributed by atoms with Crippen LogP contribution in [-0.4, -0.2) is 10.2 Å². The number of hydrogen-bond acceptors (Lipinski definition) is 2. The lowest BCUT2D eigenvalue weighted by atomic mass is 10.0. The number of rotatable bonds is 3. The van der Waals surface area contributed by atoms with Crippen LogP contribution in [-0.2, 0) is 6.42 Å². The van der Waals surface area contributed by atoms with E-state index in [9.17, 15) is 10.2 Å². The Bertz CT molecular complexity index is 340. The molecular formula is C12H16O2. The predicted molar refractivity (Wildman–Crippen MR) is 58.5 cm³/mol. The lowest BCUT2D eigenvalue weighted by Crippen LogP contribution is -1.88. The van der Waals surface area contributed by atoms with Gasteiger partial charge in [-0.2, -0.15) is 0 Å². The van der Waals surface area contributed by atoms with Crippen molar-refractivity contribution >= 4 is 6.08 Å². The Kier molecular flexibility index (Phi) is 3.57. The first-order chi connectivity index (χ1) is 6.70. The van der Waals surface area contributed by atoms with E-state index in [0.29, 0.717) is 12.0 Å². The van der Waals surface area contributed by atoms with E-state index in [-0.39, 0.29) is 11.5 Å². The minimum Gasteiger partial charge on any atom is -0.508 e. The third-order valence-electron chi connectivity index (χ3n) is 2.14. The fourth-order valence-corrected chi connectivity index (χ4v) is 1.45. The monoisotopic (exact) mass is 192 g/mol. The Balaban J connectivity index is 3.18. The third-order valence-corrected chi connectivity index (χ3v) is 2.14. The number of phenols is 2. The molecule has 0 bridgehead atoms. The molecule has 0 heterocycles. The van der Waals surface area contributed by atoms with Crippen LogP contribution in [0, 0.1) is 0 Å². The highest BCUT2D eigenvalue weighted by molar-refractivity contribution is 5.62. The molecule has 14 heavy (non-hydrogen) atoms. The minimum absolute atomic E-state index is 0.178. The molecule has 1 rings (SSSR count). The number of phenolic OH excluding ortho intramolecular Hbond substituents is 2. The number of aromatic hydroxyl groups is 2. The molecule has 0 saturated carbocycles. The van der Waals surface area contributed by atoms with Crippen LogP contribution >= 0.6 is 0 Å². The fourth-order valence-electron chi connectivity index (χ4n) is 1.45. The molecule has 1 aromatic rings. The second-order valence-electron chi connectivity index (χ2n) is 3.25. The van der Waals surface area contributed by atoms with E-state index in [4.69, 9.17) is 0 Å². The van der Waals surface area contributed by atoms with Gasteiger partial charge in [0.15, 0.2) is 0 Å². The zero-order chi connectivity index (χ0) is 10.6. The summed E-state index contributed by atoms with van der Waals surface area (Å²) in [6, 6.07) is 3.34. The van der Waals surface area contributed by atoms with Crippen LogP contribution in [0.5, 0.6) is 11.5 Å². The van der Waals surface area contributed by atoms with Crippen LogP contribution in [0.25, 0.3) is 6.08 Å². The maximum Gasteiger partial charge on any atom is 0.129 e. The summed E-state index contributed by atoms with van der Waals surface area (Å²) >= 11 is 0. The summed E-state index contributed by atoms with van der Waals surface area (Å²) in [5.74, 6) is 0.377. The Hall–Kier alpha value is -1.44. The van der Waals surface area contributed by atoms with Gasteiger partial charge in [-0.05, 0) is 25.5 Å². The molecule has 0 radical (unpaired) electrons. The minimum atomic E-state index is 0.178. The second kappa shape index (κ2) is 4.70. The molecule has 0 fully saturated rings. The number of hydrogen-bond donors (Lipinski definition) is 2. The molecule has 0 amide bonds. The van der Waals surface area contributed by atoms with Gasteiger partial charge in [-0.3, -0.25) is 0 Å². The summed E-state index contributed by atoms with van der Waals surface area (Å²) in [5, 5.41) is 19.4. The van der Waals surface area contributed by atoms with Gasteiger partial charge in [0.2, 0.25) is 0 Å². The Labute approximate surface area is 84.5 Å². The summed E-state index contributed by atoms with van der Waals surface area (Å²) < 4.78 is 0. The SMILES string of the molecule is C/C=C\c1ccc(O)c(CCC)c1O. The van der Waals surface area contributed by atoms with E-state index in [0.717, 1.165) is 12.0 Å². The Morgan fingerprint density at radius 1 is 1.29 bits per heavy atom. The largest absolute Gasteiger partial charge is 0.508 e. The standard InChI is InChI=1S/C12H16O2/c1-3-5-9-7-8-11(13)10(6-4-2)12(9)14/h3,5,7-8,13-14H,4,6H2,1-2H3/b5-3-. The highest BCUT2D eigenvalue weighted by Gasteiger charge is 2.09. The van der Waals surface area contributed by atoms with E-state index in [1.807, 2.05) is 26.0 Å². The van der Waals surface area contributed by atoms with Gasteiger partial charge < -0.3 is 10.2 Å². The van der Waals surface area contributed by atoms with Crippen molar-refractivity contribution in [1.82, 2.24) is 0 Å². The van der Waals surface area contributed by atoms with E-state index in [1.54, 1.807) is 12.1 Å². The van der Waals surface area contributed by atoms with Crippen molar-refractivity contribution in [3.05, 3.63) is 29.3 Å². The van der Waals surface area contributed by atoms with Crippen molar-refractivity contribution in [3.63, 3.8) is 0 Å². The molecular weight excluding hydrogens is 176 g/mol. The van der Waals surface area contributed by atoms with Crippen molar-refractivity contribution in [2.24, 2.45) is 0 Å². The van der Waals surface area contributed by atoms with Crippen LogP contribution < -0.4 is 0 Å². The van der Waals surface area contributed by atoms with Gasteiger partial charge in [-0.15, -0.1) is 0 Å². The topological polar surface area (TPSA) is 40.5 Å². The molecule has 0 atom stereocenters. The summed E-state index contributed by atoms with van der Waals surface area (Å²) in [6.07, 6.45) is 5.29. The van der Waals surface area contributed by atoms with Crippen LogP contribution in [0.15, 0.2) is 18.2 Å². The predicted octanol–water partition coefficient (Wildman–Crippen LogP) is 3.08. The van der Waals surface area contributed by atoms with Gasteiger partial charge in [0.25, 0.3) is 0 Å². The Morgan fingerprint density at radius 2 is 2.00 bits per heavy atom. The molecule has 1 aromatic carbocycles. The quantitative estimate of drug-likeness (QED) is 0.772. The van der Waals surface area contributed by atoms with Crippen molar-refractivity contribution in [3.8, 4) is 11.5 Å². The van der Waals surface area contributed by atoms with Gasteiger partial charge in [0.05, 0.1) is 0 Å². The van der Waals surface area contributed by atoms with Crippen LogP contribution in [0.4, 0.5) is 0 Å². The van der Waals surface area contributed by atoms with E-state index in [2.05, 4.69) is 0 Å². The zero-order valence-electron chi connectivity index (χ0n) is 8.62. The summed E-state index contributed by atoms with van der Waals surface area (Å²) in [7, 11) is 0. The maximum atomic E-state index is 9.82. The first-order valence-corrected chi connectivity index (χ1v) is 4.87. The summed E-state index contributed by atoms with van der Waals surface area (Å²) in [5.41, 5.74) is 1.40. The molecule has 2 N–H and O–H groups in total. The average molecular weight is 192 g/mol. The summed E-state index contributed by atoms with van der Waals surface area (Å²) in [6.45, 7) is 3.91. The highest BCUT2D eigenvalue weighted by Crippen LogP contribution is 2.32. The van der Waals surface area contributed by atoms with E-state index >= 15 is 0 Å². The maximum absolute atomic E-state index is 9.82. The molecule has 0 saturated heterocycles. The highest BCUT2D eigenvalue weighted by atomic mass is 16.3. The van der Waals surface area contributed by atoms with Gasteiger partial charge >= 0.3 is 0 Å². The van der Waals surface area contributed by atoms with Gasteiger partial charge in [-0.1, -0.05) is 25.5 Å². The number of benzene rings is 1. The van der Waals surface area contributed by atoms with Crippen molar-refractivity contribution < 1.29 is 10.2 Å². The normalized spacial score (nSPS) is 11.0. The molecule has 0 aliphatic carbocycles. The molecule has 0 unspecified atom stereocenters. The lowest BCUT2D eigenvalue weighted by molar-refractivity contribution is 0.437.